The average molecular weight is 268 g/mol. The molecular formula is C9H13SiSn+3. The van der Waals surface area contributed by atoms with E-state index >= 15 is 0 Å². The van der Waals surface area contributed by atoms with Crippen LogP contribution in [0.25, 0.3) is 0 Å². The van der Waals surface area contributed by atoms with Crippen LogP contribution in [0, 0.1) is 0 Å². The van der Waals surface area contributed by atoms with Crippen LogP contribution >= 0.6 is 0 Å². The Hall–Kier alpha value is 0.236. The summed E-state index contributed by atoms with van der Waals surface area (Å²) in [5.74, 6) is 0. The summed E-state index contributed by atoms with van der Waals surface area (Å²) in [6.07, 6.45) is 0. The molecule has 0 N–H and O–H groups in total. The van der Waals surface area contributed by atoms with E-state index in [2.05, 4.69) is 43.4 Å². The summed E-state index contributed by atoms with van der Waals surface area (Å²) in [6.45, 7) is 4.85. The summed E-state index contributed by atoms with van der Waals surface area (Å²) in [5.41, 5.74) is 1.55. The van der Waals surface area contributed by atoms with Crippen LogP contribution in [0.15, 0.2) is 30.3 Å². The SMILES string of the molecule is C[SiH](C)[CH]([Sn+3])c1ccccc1. The maximum atomic E-state index is 2.42. The van der Waals surface area contributed by atoms with Crippen LogP contribution < -0.4 is 0 Å². The van der Waals surface area contributed by atoms with Gasteiger partial charge in [-0.25, -0.2) is 0 Å². The van der Waals surface area contributed by atoms with Gasteiger partial charge in [-0.05, 0) is 0 Å². The molecule has 0 radical (unpaired) electrons. The molecule has 0 aliphatic rings. The third kappa shape index (κ3) is 2.63. The fraction of sp³-hybridized carbons (Fsp3) is 0.333. The fourth-order valence-electron chi connectivity index (χ4n) is 1.05. The first kappa shape index (κ1) is 9.32. The van der Waals surface area contributed by atoms with E-state index in [1.54, 1.807) is 28.1 Å². The molecule has 54 valence electrons. The van der Waals surface area contributed by atoms with Crippen LogP contribution in [0.1, 0.15) is 9.12 Å². The molecule has 0 amide bonds. The van der Waals surface area contributed by atoms with Gasteiger partial charge in [-0.1, -0.05) is 0 Å². The van der Waals surface area contributed by atoms with E-state index in [0.717, 1.165) is 3.56 Å². The molecule has 1 aromatic rings. The van der Waals surface area contributed by atoms with Gasteiger partial charge in [0.15, 0.2) is 0 Å². The van der Waals surface area contributed by atoms with Crippen molar-refractivity contribution in [2.24, 2.45) is 0 Å². The minimum atomic E-state index is -0.451. The molecule has 1 aromatic carbocycles. The molecule has 0 saturated carbocycles. The van der Waals surface area contributed by atoms with Crippen LogP contribution in [0.4, 0.5) is 0 Å². The predicted octanol–water partition coefficient (Wildman–Crippen LogP) is 1.92. The van der Waals surface area contributed by atoms with Gasteiger partial charge in [-0.2, -0.15) is 0 Å². The van der Waals surface area contributed by atoms with Crippen molar-refractivity contribution in [1.82, 2.24) is 0 Å². The molecule has 2 heteroatoms. The molecule has 0 aliphatic heterocycles. The molecule has 0 nitrogen and oxygen atoms in total. The second-order valence-corrected chi connectivity index (χ2v) is 9.97. The summed E-state index contributed by atoms with van der Waals surface area (Å²) in [5, 5.41) is 0. The Kier molecular flexibility index (Phi) is 3.65. The van der Waals surface area contributed by atoms with Gasteiger partial charge < -0.3 is 0 Å². The molecule has 0 aromatic heterocycles. The van der Waals surface area contributed by atoms with Gasteiger partial charge >= 0.3 is 83.9 Å². The Balaban J connectivity index is 2.77. The molecule has 0 aliphatic carbocycles. The first-order chi connectivity index (χ1) is 5.22. The predicted molar refractivity (Wildman–Crippen MR) is 53.8 cm³/mol. The number of rotatable bonds is 2. The maximum absolute atomic E-state index is 2.42. The van der Waals surface area contributed by atoms with Gasteiger partial charge in [0.1, 0.15) is 0 Å². The van der Waals surface area contributed by atoms with Crippen molar-refractivity contribution in [1.29, 1.82) is 0 Å². The van der Waals surface area contributed by atoms with Gasteiger partial charge in [0.2, 0.25) is 0 Å². The number of benzene rings is 1. The average Bonchev–Trinajstić information content (AvgIpc) is 2.05. The van der Waals surface area contributed by atoms with Gasteiger partial charge in [0, 0.05) is 0 Å². The molecule has 0 bridgehead atoms. The zero-order chi connectivity index (χ0) is 8.27. The molecule has 1 unspecified atom stereocenters. The van der Waals surface area contributed by atoms with Crippen LogP contribution in [-0.4, -0.2) is 31.3 Å². The van der Waals surface area contributed by atoms with Crippen LogP contribution in [-0.2, 0) is 0 Å². The first-order valence-electron chi connectivity index (χ1n) is 3.98. The Morgan fingerprint density at radius 3 is 2.18 bits per heavy atom. The molecule has 1 rings (SSSR count). The fourth-order valence-corrected chi connectivity index (χ4v) is 2.59. The van der Waals surface area contributed by atoms with Gasteiger partial charge in [-0.15, -0.1) is 0 Å². The number of hydrogen-bond donors (Lipinski definition) is 0. The van der Waals surface area contributed by atoms with Crippen LogP contribution in [0.5, 0.6) is 0 Å². The second-order valence-electron chi connectivity index (χ2n) is 3.13. The minimum absolute atomic E-state index is 0.451. The van der Waals surface area contributed by atoms with Crippen molar-refractivity contribution in [2.75, 3.05) is 0 Å². The zero-order valence-electron chi connectivity index (χ0n) is 7.04. The Labute approximate surface area is 83.7 Å². The Morgan fingerprint density at radius 2 is 1.73 bits per heavy atom. The second kappa shape index (κ2) is 4.31. The summed E-state index contributed by atoms with van der Waals surface area (Å²) in [4.78, 5) is 0. The first-order valence-corrected chi connectivity index (χ1v) is 8.60. The van der Waals surface area contributed by atoms with E-state index < -0.39 is 8.80 Å². The third-order valence-corrected chi connectivity index (χ3v) is 10.2. The van der Waals surface area contributed by atoms with E-state index in [4.69, 9.17) is 0 Å². The van der Waals surface area contributed by atoms with E-state index in [1.165, 1.54) is 0 Å². The van der Waals surface area contributed by atoms with E-state index in [-0.39, 0.29) is 0 Å². The molecule has 11 heavy (non-hydrogen) atoms. The zero-order valence-corrected chi connectivity index (χ0v) is 11.1. The third-order valence-electron chi connectivity index (χ3n) is 1.83. The van der Waals surface area contributed by atoms with Crippen LogP contribution in [0.2, 0.25) is 13.1 Å². The van der Waals surface area contributed by atoms with E-state index in [9.17, 15) is 0 Å². The summed E-state index contributed by atoms with van der Waals surface area (Å²) in [6, 6.07) is 10.9. The standard InChI is InChI=1S/C9H13Si.Sn/c1-10(2)8-9-6-4-3-5-7-9;/h3-8,10H,1-2H3;/q;+3. The van der Waals surface area contributed by atoms with Gasteiger partial charge in [0.05, 0.1) is 0 Å². The molecule has 1 atom stereocenters. The molecule has 0 saturated heterocycles. The van der Waals surface area contributed by atoms with Gasteiger partial charge in [-0.3, -0.25) is 0 Å². The van der Waals surface area contributed by atoms with Crippen molar-refractivity contribution < 1.29 is 0 Å². The van der Waals surface area contributed by atoms with Gasteiger partial charge in [0.25, 0.3) is 0 Å². The van der Waals surface area contributed by atoms with Crippen LogP contribution in [0.3, 0.4) is 0 Å². The van der Waals surface area contributed by atoms with Crippen molar-refractivity contribution >= 4 is 31.3 Å². The summed E-state index contributed by atoms with van der Waals surface area (Å²) >= 11 is 1.68. The monoisotopic (exact) mass is 269 g/mol. The van der Waals surface area contributed by atoms with Crippen molar-refractivity contribution in [3.8, 4) is 0 Å². The van der Waals surface area contributed by atoms with E-state index in [0.29, 0.717) is 0 Å². The summed E-state index contributed by atoms with van der Waals surface area (Å²) in [7, 11) is -0.451. The summed E-state index contributed by atoms with van der Waals surface area (Å²) < 4.78 is 0.906. The van der Waals surface area contributed by atoms with Crippen molar-refractivity contribution in [3.05, 3.63) is 35.9 Å². The molecule has 0 heterocycles. The number of hydrogen-bond acceptors (Lipinski definition) is 0. The Morgan fingerprint density at radius 1 is 1.18 bits per heavy atom. The molecular weight excluding hydrogens is 255 g/mol. The molecule has 0 fully saturated rings. The Bertz CT molecular complexity index is 208. The van der Waals surface area contributed by atoms with E-state index in [1.807, 2.05) is 0 Å². The van der Waals surface area contributed by atoms with Crippen molar-refractivity contribution in [2.45, 2.75) is 16.7 Å². The molecule has 0 spiro atoms. The van der Waals surface area contributed by atoms with Crippen molar-refractivity contribution in [3.63, 3.8) is 0 Å². The quantitative estimate of drug-likeness (QED) is 0.719. The normalized spacial score (nSPS) is 13.5. The topological polar surface area (TPSA) is 0 Å².